The van der Waals surface area contributed by atoms with Crippen molar-refractivity contribution in [1.29, 1.82) is 0 Å². The van der Waals surface area contributed by atoms with Crippen molar-refractivity contribution in [3.8, 4) is 11.1 Å². The Hall–Kier alpha value is -7.17. The van der Waals surface area contributed by atoms with Crippen LogP contribution in [-0.4, -0.2) is 168 Å². The van der Waals surface area contributed by atoms with E-state index in [0.29, 0.717) is 159 Å². The summed E-state index contributed by atoms with van der Waals surface area (Å²) >= 11 is 1.36. The number of rotatable bonds is 31. The number of anilines is 3. The monoisotopic (exact) mass is 1090 g/mol. The third kappa shape index (κ3) is 16.9. The predicted octanol–water partition coefficient (Wildman–Crippen LogP) is 6.37. The van der Waals surface area contributed by atoms with Crippen LogP contribution in [0.3, 0.4) is 0 Å². The highest BCUT2D eigenvalue weighted by molar-refractivity contribution is 7.13. The number of piperazine rings is 1. The number of nitrogens with zero attached hydrogens (tertiary/aromatic N) is 5. The molecule has 414 valence electrons. The Morgan fingerprint density at radius 3 is 2.10 bits per heavy atom. The van der Waals surface area contributed by atoms with E-state index < -0.39 is 23.9 Å². The van der Waals surface area contributed by atoms with Gasteiger partial charge in [0.05, 0.1) is 72.5 Å². The molecule has 2 saturated heterocycles. The molecular weight excluding hydrogens is 1020 g/mol. The fourth-order valence-corrected chi connectivity index (χ4v) is 9.74. The van der Waals surface area contributed by atoms with E-state index >= 15 is 0 Å². The molecule has 2 aliphatic rings. The van der Waals surface area contributed by atoms with Crippen LogP contribution in [-0.2, 0) is 49.4 Å². The van der Waals surface area contributed by atoms with E-state index in [9.17, 15) is 28.8 Å². The fraction of sp³-hybridized carbons (Fsp3) is 0.397. The maximum absolute atomic E-state index is 13.5. The minimum absolute atomic E-state index is 0.0645. The van der Waals surface area contributed by atoms with E-state index in [-0.39, 0.29) is 11.8 Å². The van der Waals surface area contributed by atoms with E-state index in [4.69, 9.17) is 23.7 Å². The number of carbonyl (C=O) groups excluding carboxylic acids is 6. The average Bonchev–Trinajstić information content (AvgIpc) is 3.98. The maximum atomic E-state index is 13.5. The van der Waals surface area contributed by atoms with Gasteiger partial charge in [-0.05, 0) is 85.0 Å². The number of amides is 5. The SMILES string of the molecule is C=C1CCC(N(C=O)C(=O)c2cccc(NCCOCCOCCOCCOCCOCCC(=O)N3CCN(c4ccc(-c5ccc(CN(C)C(C(=O)Nc6nccs6)c6ccccc6)c(C=O)c5)cc4)CC3)c2C)C(=O)N1. The number of hydrogen-bond acceptors (Lipinski definition) is 16. The lowest BCUT2D eigenvalue weighted by Gasteiger charge is -2.36. The van der Waals surface area contributed by atoms with Crippen molar-refractivity contribution in [2.75, 3.05) is 121 Å². The van der Waals surface area contributed by atoms with Crippen molar-refractivity contribution in [1.82, 2.24) is 25.0 Å². The molecule has 19 nitrogen and oxygen atoms in total. The summed E-state index contributed by atoms with van der Waals surface area (Å²) in [5.74, 6) is -1.09. The molecule has 2 aliphatic heterocycles. The van der Waals surface area contributed by atoms with E-state index in [1.807, 2.05) is 76.8 Å². The van der Waals surface area contributed by atoms with Crippen molar-refractivity contribution in [2.24, 2.45) is 0 Å². The Labute approximate surface area is 459 Å². The number of nitrogens with one attached hydrogen (secondary N) is 3. The van der Waals surface area contributed by atoms with Crippen molar-refractivity contribution < 1.29 is 52.5 Å². The molecule has 4 aromatic carbocycles. The van der Waals surface area contributed by atoms with E-state index in [1.54, 1.807) is 25.3 Å². The molecule has 0 radical (unpaired) electrons. The van der Waals surface area contributed by atoms with E-state index in [1.165, 1.54) is 11.3 Å². The number of hydrogen-bond donors (Lipinski definition) is 3. The van der Waals surface area contributed by atoms with Gasteiger partial charge < -0.3 is 49.4 Å². The normalized spacial score (nSPS) is 14.9. The Morgan fingerprint density at radius 2 is 1.47 bits per heavy atom. The first kappa shape index (κ1) is 58.5. The van der Waals surface area contributed by atoms with E-state index in [0.717, 1.165) is 44.8 Å². The fourth-order valence-electron chi connectivity index (χ4n) is 9.21. The molecule has 0 saturated carbocycles. The summed E-state index contributed by atoms with van der Waals surface area (Å²) in [6.07, 6.45) is 4.05. The second kappa shape index (κ2) is 30.7. The van der Waals surface area contributed by atoms with Crippen LogP contribution in [0.1, 0.15) is 62.7 Å². The number of thiazole rings is 1. The van der Waals surface area contributed by atoms with Crippen LogP contribution >= 0.6 is 11.3 Å². The molecule has 20 heteroatoms. The number of aromatic nitrogens is 1. The van der Waals surface area contributed by atoms with Gasteiger partial charge in [-0.2, -0.15) is 0 Å². The van der Waals surface area contributed by atoms with Crippen molar-refractivity contribution >= 4 is 64.2 Å². The second-order valence-electron chi connectivity index (χ2n) is 18.7. The van der Waals surface area contributed by atoms with Crippen LogP contribution in [0, 0.1) is 6.92 Å². The molecule has 7 rings (SSSR count). The molecule has 2 atom stereocenters. The average molecular weight is 1090 g/mol. The summed E-state index contributed by atoms with van der Waals surface area (Å²) in [7, 11) is 1.88. The molecule has 3 N–H and O–H groups in total. The molecule has 3 heterocycles. The Balaban J connectivity index is 0.692. The van der Waals surface area contributed by atoms with Crippen LogP contribution in [0.25, 0.3) is 11.1 Å². The maximum Gasteiger partial charge on any atom is 0.261 e. The van der Waals surface area contributed by atoms with Crippen LogP contribution in [0.2, 0.25) is 0 Å². The minimum Gasteiger partial charge on any atom is -0.382 e. The lowest BCUT2D eigenvalue weighted by Crippen LogP contribution is -2.51. The summed E-state index contributed by atoms with van der Waals surface area (Å²) in [5.41, 5.74) is 7.45. The van der Waals surface area contributed by atoms with Gasteiger partial charge in [0.15, 0.2) is 5.13 Å². The number of aldehydes is 1. The van der Waals surface area contributed by atoms with Gasteiger partial charge in [0.1, 0.15) is 18.4 Å². The van der Waals surface area contributed by atoms with Crippen LogP contribution < -0.4 is 20.9 Å². The smallest absolute Gasteiger partial charge is 0.261 e. The van der Waals surface area contributed by atoms with Gasteiger partial charge in [0.25, 0.3) is 5.91 Å². The standard InChI is InChI=1S/C58H70N8O11S/c1-42-12-19-52(55(70)61-42)66(41-68)57(72)50-10-7-11-51(43(50)2)59-21-28-74-30-32-76-34-36-77-35-33-75-31-29-73-27-20-53(69)65-25-23-64(24-26-65)49-17-15-44(16-18-49)46-13-14-47(48(38-46)40-67)39-63(3)54(45-8-5-4-6-9-45)56(71)62-58-60-22-37-78-58/h4-11,13-18,22,37-38,40-41,52,54,59H,1,12,19-21,23-36,39H2,2-3H3,(H,61,70)(H,60,62,71). The number of piperidine rings is 1. The molecular formula is C58H70N8O11S. The number of allylic oxidation sites excluding steroid dienone is 1. The number of benzene rings is 4. The molecule has 78 heavy (non-hydrogen) atoms. The van der Waals surface area contributed by atoms with Crippen LogP contribution in [0.4, 0.5) is 16.5 Å². The Morgan fingerprint density at radius 1 is 0.821 bits per heavy atom. The first-order chi connectivity index (χ1) is 38.0. The summed E-state index contributed by atoms with van der Waals surface area (Å²) in [5, 5.41) is 11.2. The molecule has 5 amide bonds. The minimum atomic E-state index is -0.883. The molecule has 2 unspecified atom stereocenters. The van der Waals surface area contributed by atoms with Crippen LogP contribution in [0.5, 0.6) is 0 Å². The quantitative estimate of drug-likeness (QED) is 0.0326. The van der Waals surface area contributed by atoms with Gasteiger partial charge in [0, 0.05) is 79.0 Å². The molecule has 0 bridgehead atoms. The highest BCUT2D eigenvalue weighted by Crippen LogP contribution is 2.29. The van der Waals surface area contributed by atoms with Gasteiger partial charge in [-0.25, -0.2) is 4.98 Å². The largest absolute Gasteiger partial charge is 0.382 e. The van der Waals surface area contributed by atoms with Crippen molar-refractivity contribution in [3.05, 3.63) is 143 Å². The number of carbonyl (C=O) groups is 6. The molecule has 0 spiro atoms. The molecule has 2 fully saturated rings. The Kier molecular flexibility index (Phi) is 23.0. The number of likely N-dealkylation sites (N-methyl/N-ethyl adjacent to an activating group) is 1. The third-order valence-corrected chi connectivity index (χ3v) is 14.1. The third-order valence-electron chi connectivity index (χ3n) is 13.4. The van der Waals surface area contributed by atoms with Gasteiger partial charge in [0.2, 0.25) is 24.1 Å². The predicted molar refractivity (Wildman–Crippen MR) is 298 cm³/mol. The van der Waals surface area contributed by atoms with Gasteiger partial charge in [-0.15, -0.1) is 11.3 Å². The lowest BCUT2D eigenvalue weighted by atomic mass is 9.98. The van der Waals surface area contributed by atoms with Crippen molar-refractivity contribution in [2.45, 2.75) is 44.8 Å². The summed E-state index contributed by atoms with van der Waals surface area (Å²) < 4.78 is 28.1. The zero-order valence-electron chi connectivity index (χ0n) is 44.4. The van der Waals surface area contributed by atoms with Gasteiger partial charge in [-0.3, -0.25) is 38.6 Å². The second-order valence-corrected chi connectivity index (χ2v) is 19.6. The summed E-state index contributed by atoms with van der Waals surface area (Å²) in [6, 6.07) is 27.4. The summed E-state index contributed by atoms with van der Waals surface area (Å²) in [6.45, 7) is 13.0. The van der Waals surface area contributed by atoms with Crippen molar-refractivity contribution in [3.63, 3.8) is 0 Å². The van der Waals surface area contributed by atoms with Gasteiger partial charge >= 0.3 is 0 Å². The number of ether oxygens (including phenoxy) is 5. The topological polar surface area (TPSA) is 211 Å². The lowest BCUT2D eigenvalue weighted by molar-refractivity contribution is -0.132. The highest BCUT2D eigenvalue weighted by Gasteiger charge is 2.34. The number of imide groups is 1. The molecule has 5 aromatic rings. The Bertz CT molecular complexity index is 2760. The highest BCUT2D eigenvalue weighted by atomic mass is 32.1. The van der Waals surface area contributed by atoms with E-state index in [2.05, 4.69) is 56.7 Å². The summed E-state index contributed by atoms with van der Waals surface area (Å²) in [4.78, 5) is 87.7. The van der Waals surface area contributed by atoms with Gasteiger partial charge in [-0.1, -0.05) is 67.2 Å². The first-order valence-electron chi connectivity index (χ1n) is 26.2. The van der Waals surface area contributed by atoms with Crippen LogP contribution in [0.15, 0.2) is 115 Å². The molecule has 1 aromatic heterocycles. The molecule has 0 aliphatic carbocycles. The zero-order valence-corrected chi connectivity index (χ0v) is 45.2. The zero-order chi connectivity index (χ0) is 55.1. The first-order valence-corrected chi connectivity index (χ1v) is 27.1.